The number of hydrogen-bond acceptors (Lipinski definition) is 4. The van der Waals surface area contributed by atoms with Crippen LogP contribution < -0.4 is 5.32 Å². The monoisotopic (exact) mass is 294 g/mol. The number of nitrogens with zero attached hydrogens (tertiary/aromatic N) is 1. The summed E-state index contributed by atoms with van der Waals surface area (Å²) in [7, 11) is 0. The van der Waals surface area contributed by atoms with Crippen LogP contribution in [0.4, 0.5) is 0 Å². The molecule has 1 saturated heterocycles. The Bertz CT molecular complexity index is 433. The third-order valence-electron chi connectivity index (χ3n) is 4.23. The second-order valence-corrected chi connectivity index (χ2v) is 6.62. The smallest absolute Gasteiger partial charge is 0.234 e. The van der Waals surface area contributed by atoms with E-state index in [9.17, 15) is 4.79 Å². The predicted octanol–water partition coefficient (Wildman–Crippen LogP) is 2.01. The fourth-order valence-corrected chi connectivity index (χ4v) is 3.86. The minimum atomic E-state index is 0.129. The average Bonchev–Trinajstić information content (AvgIpc) is 2.99. The van der Waals surface area contributed by atoms with Crippen molar-refractivity contribution in [2.24, 2.45) is 0 Å². The first-order valence-electron chi connectivity index (χ1n) is 7.47. The predicted molar refractivity (Wildman–Crippen MR) is 79.7 cm³/mol. The molecule has 1 amide bonds. The van der Waals surface area contributed by atoms with Crippen molar-refractivity contribution in [3.63, 3.8) is 0 Å². The van der Waals surface area contributed by atoms with Crippen molar-refractivity contribution in [3.8, 4) is 0 Å². The maximum Gasteiger partial charge on any atom is 0.234 e. The van der Waals surface area contributed by atoms with Gasteiger partial charge in [-0.15, -0.1) is 11.3 Å². The second-order valence-electron chi connectivity index (χ2n) is 5.59. The van der Waals surface area contributed by atoms with E-state index in [-0.39, 0.29) is 5.91 Å². The number of hydrogen-bond donors (Lipinski definition) is 1. The minimum Gasteiger partial charge on any atom is -0.375 e. The summed E-state index contributed by atoms with van der Waals surface area (Å²) in [5.41, 5.74) is 0. The standard InChI is InChI=1S/C15H22N2O2S/c18-15(16-10-12-4-3-9-20-12)11-17-7-8-19-14-6-2-1-5-13(14)17/h3-4,9,13-14H,1-2,5-8,10-11H2,(H,16,18)/t13-,14-/m0/s1. The molecule has 2 aliphatic rings. The van der Waals surface area contributed by atoms with Gasteiger partial charge in [-0.25, -0.2) is 0 Å². The van der Waals surface area contributed by atoms with E-state index >= 15 is 0 Å². The number of carbonyl (C=O) groups excluding carboxylic acids is 1. The van der Waals surface area contributed by atoms with Crippen LogP contribution in [0.2, 0.25) is 0 Å². The maximum absolute atomic E-state index is 12.1. The number of carbonyl (C=O) groups is 1. The Hall–Kier alpha value is -0.910. The molecular formula is C15H22N2O2S. The Kier molecular flexibility index (Phi) is 4.70. The number of fused-ring (bicyclic) bond motifs is 1. The van der Waals surface area contributed by atoms with Crippen molar-refractivity contribution in [2.45, 2.75) is 44.4 Å². The molecule has 0 radical (unpaired) electrons. The molecule has 110 valence electrons. The van der Waals surface area contributed by atoms with E-state index in [1.54, 1.807) is 11.3 Å². The first-order valence-corrected chi connectivity index (χ1v) is 8.35. The molecule has 1 aliphatic heterocycles. The molecule has 4 nitrogen and oxygen atoms in total. The molecule has 5 heteroatoms. The third kappa shape index (κ3) is 3.40. The Labute approximate surface area is 124 Å². The lowest BCUT2D eigenvalue weighted by molar-refractivity contribution is -0.129. The molecule has 1 aromatic rings. The van der Waals surface area contributed by atoms with Crippen molar-refractivity contribution < 1.29 is 9.53 Å². The second kappa shape index (κ2) is 6.70. The van der Waals surface area contributed by atoms with Crippen molar-refractivity contribution in [1.82, 2.24) is 10.2 Å². The topological polar surface area (TPSA) is 41.6 Å². The van der Waals surface area contributed by atoms with Gasteiger partial charge in [0, 0.05) is 17.5 Å². The van der Waals surface area contributed by atoms with E-state index in [4.69, 9.17) is 4.74 Å². The van der Waals surface area contributed by atoms with Crippen LogP contribution in [0.15, 0.2) is 17.5 Å². The van der Waals surface area contributed by atoms with E-state index in [1.165, 1.54) is 24.1 Å². The van der Waals surface area contributed by atoms with Crippen molar-refractivity contribution in [3.05, 3.63) is 22.4 Å². The van der Waals surface area contributed by atoms with Crippen LogP contribution >= 0.6 is 11.3 Å². The summed E-state index contributed by atoms with van der Waals surface area (Å²) in [5.74, 6) is 0.129. The van der Waals surface area contributed by atoms with Gasteiger partial charge in [-0.3, -0.25) is 9.69 Å². The summed E-state index contributed by atoms with van der Waals surface area (Å²) in [5, 5.41) is 5.05. The molecule has 1 aromatic heterocycles. The minimum absolute atomic E-state index is 0.129. The van der Waals surface area contributed by atoms with Gasteiger partial charge in [0.05, 0.1) is 25.8 Å². The molecule has 2 fully saturated rings. The SMILES string of the molecule is O=C(CN1CCO[C@H]2CCCC[C@@H]21)NCc1cccs1. The van der Waals surface area contributed by atoms with Crippen LogP contribution in [0.3, 0.4) is 0 Å². The molecule has 2 atom stereocenters. The average molecular weight is 294 g/mol. The van der Waals surface area contributed by atoms with Gasteiger partial charge in [-0.05, 0) is 24.3 Å². The van der Waals surface area contributed by atoms with Crippen LogP contribution in [0.5, 0.6) is 0 Å². The fourth-order valence-electron chi connectivity index (χ4n) is 3.21. The highest BCUT2D eigenvalue weighted by Gasteiger charge is 2.34. The molecule has 0 unspecified atom stereocenters. The zero-order valence-corrected chi connectivity index (χ0v) is 12.5. The summed E-state index contributed by atoms with van der Waals surface area (Å²) in [6.45, 7) is 2.80. The van der Waals surface area contributed by atoms with Crippen LogP contribution in [-0.2, 0) is 16.1 Å². The van der Waals surface area contributed by atoms with Crippen LogP contribution in [0.25, 0.3) is 0 Å². The molecule has 3 rings (SSSR count). The van der Waals surface area contributed by atoms with Crippen molar-refractivity contribution >= 4 is 17.2 Å². The van der Waals surface area contributed by atoms with Crippen molar-refractivity contribution in [1.29, 1.82) is 0 Å². The lowest BCUT2D eigenvalue weighted by Crippen LogP contribution is -2.55. The van der Waals surface area contributed by atoms with E-state index in [0.29, 0.717) is 25.2 Å². The Morgan fingerprint density at radius 2 is 2.35 bits per heavy atom. The van der Waals surface area contributed by atoms with Gasteiger partial charge in [-0.1, -0.05) is 18.9 Å². The summed E-state index contributed by atoms with van der Waals surface area (Å²) < 4.78 is 5.84. The summed E-state index contributed by atoms with van der Waals surface area (Å²) in [6.07, 6.45) is 5.20. The van der Waals surface area contributed by atoms with Gasteiger partial charge < -0.3 is 10.1 Å². The Morgan fingerprint density at radius 3 is 3.20 bits per heavy atom. The molecule has 1 N–H and O–H groups in total. The van der Waals surface area contributed by atoms with Gasteiger partial charge >= 0.3 is 0 Å². The van der Waals surface area contributed by atoms with E-state index < -0.39 is 0 Å². The molecule has 0 spiro atoms. The van der Waals surface area contributed by atoms with Gasteiger partial charge in [0.1, 0.15) is 0 Å². The fraction of sp³-hybridized carbons (Fsp3) is 0.667. The van der Waals surface area contributed by atoms with Crippen molar-refractivity contribution in [2.75, 3.05) is 19.7 Å². The number of amides is 1. The number of rotatable bonds is 4. The third-order valence-corrected chi connectivity index (χ3v) is 5.11. The highest BCUT2D eigenvalue weighted by molar-refractivity contribution is 7.09. The van der Waals surface area contributed by atoms with Gasteiger partial charge in [0.25, 0.3) is 0 Å². The van der Waals surface area contributed by atoms with E-state index in [2.05, 4.69) is 16.3 Å². The van der Waals surface area contributed by atoms with E-state index in [1.807, 2.05) is 11.4 Å². The summed E-state index contributed by atoms with van der Waals surface area (Å²) in [4.78, 5) is 15.6. The van der Waals surface area contributed by atoms with Gasteiger partial charge in [0.15, 0.2) is 0 Å². The number of ether oxygens (including phenoxy) is 1. The summed E-state index contributed by atoms with van der Waals surface area (Å²) >= 11 is 1.68. The Balaban J connectivity index is 1.49. The molecule has 20 heavy (non-hydrogen) atoms. The lowest BCUT2D eigenvalue weighted by atomic mass is 9.90. The molecular weight excluding hydrogens is 272 g/mol. The maximum atomic E-state index is 12.1. The molecule has 0 aromatic carbocycles. The summed E-state index contributed by atoms with van der Waals surface area (Å²) in [6, 6.07) is 4.52. The number of thiophene rings is 1. The van der Waals surface area contributed by atoms with Crippen LogP contribution in [-0.4, -0.2) is 42.6 Å². The highest BCUT2D eigenvalue weighted by Crippen LogP contribution is 2.28. The number of morpholine rings is 1. The van der Waals surface area contributed by atoms with Crippen LogP contribution in [0.1, 0.15) is 30.6 Å². The van der Waals surface area contributed by atoms with Crippen LogP contribution in [0, 0.1) is 0 Å². The zero-order valence-electron chi connectivity index (χ0n) is 11.7. The quantitative estimate of drug-likeness (QED) is 0.923. The molecule has 1 saturated carbocycles. The zero-order chi connectivity index (χ0) is 13.8. The molecule has 2 heterocycles. The first kappa shape index (κ1) is 14.0. The Morgan fingerprint density at radius 1 is 1.45 bits per heavy atom. The highest BCUT2D eigenvalue weighted by atomic mass is 32.1. The van der Waals surface area contributed by atoms with Gasteiger partial charge in [-0.2, -0.15) is 0 Å². The largest absolute Gasteiger partial charge is 0.375 e. The van der Waals surface area contributed by atoms with Gasteiger partial charge in [0.2, 0.25) is 5.91 Å². The first-order chi connectivity index (χ1) is 9.83. The lowest BCUT2D eigenvalue weighted by Gasteiger charge is -2.43. The molecule has 1 aliphatic carbocycles. The normalized spacial score (nSPS) is 27.0. The van der Waals surface area contributed by atoms with E-state index in [0.717, 1.165) is 19.6 Å². The molecule has 0 bridgehead atoms. The number of nitrogens with one attached hydrogen (secondary N) is 1.